The summed E-state index contributed by atoms with van der Waals surface area (Å²) in [5.74, 6) is 0. The summed E-state index contributed by atoms with van der Waals surface area (Å²) in [6.45, 7) is 0. The van der Waals surface area contributed by atoms with Crippen LogP contribution in [0.4, 0.5) is 11.4 Å². The minimum Gasteiger partial charge on any atom is -0.396 e. The molecule has 0 aliphatic heterocycles. The molecule has 0 saturated carbocycles. The second-order valence-electron chi connectivity index (χ2n) is 2.62. The zero-order valence-electron chi connectivity index (χ0n) is 7.26. The van der Waals surface area contributed by atoms with Crippen molar-refractivity contribution in [3.05, 3.63) is 20.1 Å². The first-order valence-electron chi connectivity index (χ1n) is 3.51. The summed E-state index contributed by atoms with van der Waals surface area (Å²) in [6, 6.07) is 0. The van der Waals surface area contributed by atoms with Crippen LogP contribution in [0, 0.1) is 0 Å². The van der Waals surface area contributed by atoms with Gasteiger partial charge in [0, 0.05) is 0 Å². The van der Waals surface area contributed by atoms with Gasteiger partial charge in [0.2, 0.25) is 0 Å². The van der Waals surface area contributed by atoms with Gasteiger partial charge in [0.15, 0.2) is 0 Å². The Kier molecular flexibility index (Phi) is 4.04. The van der Waals surface area contributed by atoms with Crippen molar-refractivity contribution in [3.63, 3.8) is 0 Å². The van der Waals surface area contributed by atoms with E-state index in [1.165, 1.54) is 0 Å². The molecule has 0 spiro atoms. The zero-order chi connectivity index (χ0) is 12.7. The van der Waals surface area contributed by atoms with Crippen LogP contribution in [-0.4, -0.2) is 13.0 Å². The maximum Gasteiger partial charge on any atom is 0.357 e. The molecule has 4 N–H and O–H groups in total. The molecule has 0 aromatic heterocycles. The Balaban J connectivity index is 3.52. The normalized spacial score (nSPS) is 11.6. The van der Waals surface area contributed by atoms with Gasteiger partial charge in [-0.1, -0.05) is 46.4 Å². The molecule has 0 aliphatic rings. The molecule has 0 saturated heterocycles. The third kappa shape index (κ3) is 2.77. The van der Waals surface area contributed by atoms with E-state index in [-0.39, 0.29) is 31.5 Å². The first kappa shape index (κ1) is 14.0. The number of nitrogen functional groups attached to an aromatic ring is 1. The lowest BCUT2D eigenvalue weighted by Crippen LogP contribution is -2.12. The Morgan fingerprint density at radius 2 is 1.44 bits per heavy atom. The summed E-state index contributed by atoms with van der Waals surface area (Å²) in [4.78, 5) is 0. The van der Waals surface area contributed by atoms with Crippen LogP contribution in [0.15, 0.2) is 0 Å². The number of hydrogen-bond donors (Lipinski definition) is 3. The van der Waals surface area contributed by atoms with Crippen LogP contribution in [0.1, 0.15) is 0 Å². The molecule has 1 rings (SSSR count). The highest BCUT2D eigenvalue weighted by atomic mass is 35.5. The highest BCUT2D eigenvalue weighted by Gasteiger charge is 2.21. The average molecular weight is 326 g/mol. The molecule has 90 valence electrons. The van der Waals surface area contributed by atoms with E-state index in [0.717, 1.165) is 0 Å². The summed E-state index contributed by atoms with van der Waals surface area (Å²) in [7, 11) is -4.54. The van der Waals surface area contributed by atoms with E-state index >= 15 is 0 Å². The van der Waals surface area contributed by atoms with Crippen LogP contribution < -0.4 is 10.5 Å². The molecule has 1 aromatic carbocycles. The molecule has 0 amide bonds. The molecule has 0 bridgehead atoms. The van der Waals surface area contributed by atoms with Crippen LogP contribution in [0.25, 0.3) is 0 Å². The van der Waals surface area contributed by atoms with Gasteiger partial charge in [-0.05, 0) is 0 Å². The lowest BCUT2D eigenvalue weighted by atomic mass is 10.3. The summed E-state index contributed by atoms with van der Waals surface area (Å²) in [6.07, 6.45) is 0. The van der Waals surface area contributed by atoms with Crippen molar-refractivity contribution in [1.29, 1.82) is 0 Å². The first-order chi connectivity index (χ1) is 7.15. The van der Waals surface area contributed by atoms with Gasteiger partial charge < -0.3 is 5.73 Å². The molecule has 1 aromatic rings. The molecule has 0 heterocycles. The molecule has 10 heteroatoms. The summed E-state index contributed by atoms with van der Waals surface area (Å²) >= 11 is 22.7. The molecule has 5 nitrogen and oxygen atoms in total. The van der Waals surface area contributed by atoms with E-state index in [4.69, 9.17) is 56.7 Å². The molecular weight excluding hydrogens is 322 g/mol. The van der Waals surface area contributed by atoms with E-state index in [1.807, 2.05) is 0 Å². The van der Waals surface area contributed by atoms with Crippen LogP contribution in [-0.2, 0) is 10.3 Å². The minimum atomic E-state index is -4.54. The van der Waals surface area contributed by atoms with Crippen LogP contribution in [0.5, 0.6) is 0 Å². The Bertz CT molecular complexity index is 516. The largest absolute Gasteiger partial charge is 0.396 e. The van der Waals surface area contributed by atoms with Crippen LogP contribution in [0.3, 0.4) is 0 Å². The Morgan fingerprint density at radius 1 is 1.00 bits per heavy atom. The number of halogens is 4. The predicted molar refractivity (Wildman–Crippen MR) is 66.1 cm³/mol. The second-order valence-corrected chi connectivity index (χ2v) is 5.29. The van der Waals surface area contributed by atoms with Gasteiger partial charge in [-0.2, -0.15) is 8.42 Å². The van der Waals surface area contributed by atoms with E-state index in [0.29, 0.717) is 0 Å². The van der Waals surface area contributed by atoms with Crippen molar-refractivity contribution < 1.29 is 13.0 Å². The third-order valence-electron chi connectivity index (χ3n) is 1.53. The van der Waals surface area contributed by atoms with Gasteiger partial charge >= 0.3 is 10.3 Å². The lowest BCUT2D eigenvalue weighted by molar-refractivity contribution is 0.490. The fourth-order valence-electron chi connectivity index (χ4n) is 0.877. The fraction of sp³-hybridized carbons (Fsp3) is 0. The Labute approximate surface area is 111 Å². The minimum absolute atomic E-state index is 0.105. The summed E-state index contributed by atoms with van der Waals surface area (Å²) < 4.78 is 31.5. The van der Waals surface area contributed by atoms with Gasteiger partial charge in [0.1, 0.15) is 0 Å². The van der Waals surface area contributed by atoms with E-state index in [1.54, 1.807) is 4.72 Å². The number of nitrogens with two attached hydrogens (primary N) is 1. The zero-order valence-corrected chi connectivity index (χ0v) is 11.1. The topological polar surface area (TPSA) is 92.4 Å². The second kappa shape index (κ2) is 4.64. The highest BCUT2D eigenvalue weighted by Crippen LogP contribution is 2.46. The number of nitrogens with one attached hydrogen (secondary N) is 1. The number of rotatable bonds is 2. The maximum absolute atomic E-state index is 10.6. The molecule has 0 unspecified atom stereocenters. The van der Waals surface area contributed by atoms with Gasteiger partial charge in [-0.3, -0.25) is 9.27 Å². The Morgan fingerprint density at radius 3 is 1.88 bits per heavy atom. The van der Waals surface area contributed by atoms with Crippen LogP contribution in [0.2, 0.25) is 20.1 Å². The van der Waals surface area contributed by atoms with E-state index < -0.39 is 10.3 Å². The smallest absolute Gasteiger partial charge is 0.357 e. The number of hydrogen-bond acceptors (Lipinski definition) is 3. The number of anilines is 2. The molecule has 0 radical (unpaired) electrons. The molecule has 0 aliphatic carbocycles. The summed E-state index contributed by atoms with van der Waals surface area (Å²) in [5, 5.41) is -0.700. The quantitative estimate of drug-likeness (QED) is 0.337. The average Bonchev–Trinajstić information content (AvgIpc) is 2.17. The molecule has 0 atom stereocenters. The number of benzene rings is 1. The van der Waals surface area contributed by atoms with Gasteiger partial charge in [0.05, 0.1) is 31.5 Å². The van der Waals surface area contributed by atoms with Crippen molar-refractivity contribution >= 4 is 68.1 Å². The van der Waals surface area contributed by atoms with E-state index in [2.05, 4.69) is 0 Å². The lowest BCUT2D eigenvalue weighted by Gasteiger charge is -2.13. The Hall–Kier alpha value is -0.110. The van der Waals surface area contributed by atoms with Gasteiger partial charge in [-0.15, -0.1) is 0 Å². The molecular formula is C6H4Cl4N2O3S. The van der Waals surface area contributed by atoms with Crippen molar-refractivity contribution in [2.75, 3.05) is 10.5 Å². The van der Waals surface area contributed by atoms with Gasteiger partial charge in [-0.25, -0.2) is 0 Å². The standard InChI is InChI=1S/C6H4Cl4N2O3S/c7-1-2(8)4(10)6(5(11)3(1)9)12-16(13,14)15/h12H,11H2,(H,13,14,15). The van der Waals surface area contributed by atoms with Crippen LogP contribution >= 0.6 is 46.4 Å². The van der Waals surface area contributed by atoms with Crippen molar-refractivity contribution in [1.82, 2.24) is 0 Å². The van der Waals surface area contributed by atoms with Crippen molar-refractivity contribution in [2.24, 2.45) is 0 Å². The SMILES string of the molecule is Nc1c(Cl)c(Cl)c(Cl)c(Cl)c1NS(=O)(=O)O. The maximum atomic E-state index is 10.6. The monoisotopic (exact) mass is 324 g/mol. The fourth-order valence-corrected chi connectivity index (χ4v) is 2.32. The summed E-state index contributed by atoms with van der Waals surface area (Å²) in [5.41, 5.74) is 4.90. The highest BCUT2D eigenvalue weighted by molar-refractivity contribution is 7.87. The molecule has 0 fully saturated rings. The van der Waals surface area contributed by atoms with Gasteiger partial charge in [0.25, 0.3) is 0 Å². The first-order valence-corrected chi connectivity index (χ1v) is 6.47. The molecule has 16 heavy (non-hydrogen) atoms. The van der Waals surface area contributed by atoms with E-state index in [9.17, 15) is 8.42 Å². The predicted octanol–water partition coefficient (Wildman–Crippen LogP) is 3.10. The third-order valence-corrected chi connectivity index (χ3v) is 3.81. The van der Waals surface area contributed by atoms with Crippen molar-refractivity contribution in [3.8, 4) is 0 Å². The van der Waals surface area contributed by atoms with Crippen molar-refractivity contribution in [2.45, 2.75) is 0 Å².